The van der Waals surface area contributed by atoms with Crippen molar-refractivity contribution in [3.63, 3.8) is 0 Å². The SMILES string of the molecule is CC1(C)c2cc3ccccc3cc2-c2c(-c3ccc(/C=C/C(NC(N)c4ccccc4)c4cc(-c5ccc6oc7ccccc7c6c5)cc(-c5cccc6ccccc56)c4)cc3)cccc21. The maximum atomic E-state index is 7.04. The maximum Gasteiger partial charge on any atom is 0.135 e. The molecule has 2 atom stereocenters. The summed E-state index contributed by atoms with van der Waals surface area (Å²) >= 11 is 0. The molecule has 0 spiro atoms. The van der Waals surface area contributed by atoms with E-state index in [0.717, 1.165) is 55.3 Å². The molecule has 66 heavy (non-hydrogen) atoms. The van der Waals surface area contributed by atoms with Crippen LogP contribution in [0.4, 0.5) is 0 Å². The number of furan rings is 1. The van der Waals surface area contributed by atoms with Crippen LogP contribution in [0.15, 0.2) is 223 Å². The Morgan fingerprint density at radius 1 is 0.455 bits per heavy atom. The summed E-state index contributed by atoms with van der Waals surface area (Å²) in [5.74, 6) is 0. The zero-order valence-electron chi connectivity index (χ0n) is 37.0. The van der Waals surface area contributed by atoms with Crippen LogP contribution >= 0.6 is 0 Å². The van der Waals surface area contributed by atoms with Gasteiger partial charge in [0.15, 0.2) is 0 Å². The highest BCUT2D eigenvalue weighted by Gasteiger charge is 2.37. The Kier molecular flexibility index (Phi) is 9.64. The zero-order chi connectivity index (χ0) is 44.4. The fourth-order valence-corrected chi connectivity index (χ4v) is 10.4. The molecule has 0 fully saturated rings. The molecule has 12 rings (SSSR count). The lowest BCUT2D eigenvalue weighted by Crippen LogP contribution is -2.31. The van der Waals surface area contributed by atoms with Crippen molar-refractivity contribution in [1.82, 2.24) is 5.32 Å². The fourth-order valence-electron chi connectivity index (χ4n) is 10.4. The number of nitrogens with one attached hydrogen (secondary N) is 1. The Labute approximate surface area is 385 Å². The van der Waals surface area contributed by atoms with Crippen LogP contribution in [0, 0.1) is 0 Å². The van der Waals surface area contributed by atoms with Gasteiger partial charge in [-0.15, -0.1) is 0 Å². The summed E-state index contributed by atoms with van der Waals surface area (Å²) in [6.07, 6.45) is 4.08. The molecule has 1 aromatic heterocycles. The Morgan fingerprint density at radius 2 is 1.11 bits per heavy atom. The van der Waals surface area contributed by atoms with Crippen molar-refractivity contribution in [1.29, 1.82) is 0 Å². The first-order valence-electron chi connectivity index (χ1n) is 22.9. The molecule has 2 unspecified atom stereocenters. The minimum absolute atomic E-state index is 0.0961. The summed E-state index contributed by atoms with van der Waals surface area (Å²) in [5, 5.41) is 11.0. The van der Waals surface area contributed by atoms with Crippen molar-refractivity contribution in [2.45, 2.75) is 31.5 Å². The van der Waals surface area contributed by atoms with Crippen LogP contribution in [0.5, 0.6) is 0 Å². The molecular weight excluding hydrogens is 801 g/mol. The van der Waals surface area contributed by atoms with Gasteiger partial charge in [-0.2, -0.15) is 0 Å². The first-order valence-corrected chi connectivity index (χ1v) is 22.9. The van der Waals surface area contributed by atoms with E-state index in [1.807, 2.05) is 30.3 Å². The molecule has 1 heterocycles. The zero-order valence-corrected chi connectivity index (χ0v) is 37.0. The largest absolute Gasteiger partial charge is 0.456 e. The van der Waals surface area contributed by atoms with E-state index in [9.17, 15) is 0 Å². The molecule has 0 saturated carbocycles. The second-order valence-corrected chi connectivity index (χ2v) is 18.3. The number of para-hydroxylation sites is 1. The van der Waals surface area contributed by atoms with E-state index in [1.54, 1.807) is 0 Å². The summed E-state index contributed by atoms with van der Waals surface area (Å²) < 4.78 is 6.26. The average molecular weight is 849 g/mol. The van der Waals surface area contributed by atoms with Gasteiger partial charge >= 0.3 is 0 Å². The summed E-state index contributed by atoms with van der Waals surface area (Å²) in [4.78, 5) is 0. The number of fused-ring (bicyclic) bond motifs is 8. The van der Waals surface area contributed by atoms with Crippen LogP contribution in [-0.2, 0) is 5.41 Å². The third-order valence-corrected chi connectivity index (χ3v) is 13.9. The van der Waals surface area contributed by atoms with Crippen LogP contribution in [-0.4, -0.2) is 0 Å². The molecule has 10 aromatic carbocycles. The second kappa shape index (κ2) is 16.0. The van der Waals surface area contributed by atoms with E-state index in [1.165, 1.54) is 60.5 Å². The van der Waals surface area contributed by atoms with Crippen LogP contribution in [0.2, 0.25) is 0 Å². The lowest BCUT2D eigenvalue weighted by atomic mass is 9.81. The van der Waals surface area contributed by atoms with Crippen LogP contribution in [0.1, 0.15) is 53.9 Å². The van der Waals surface area contributed by atoms with E-state index in [-0.39, 0.29) is 11.5 Å². The van der Waals surface area contributed by atoms with Crippen molar-refractivity contribution in [2.75, 3.05) is 0 Å². The summed E-state index contributed by atoms with van der Waals surface area (Å²) in [6, 6.07) is 76.4. The van der Waals surface area contributed by atoms with Gasteiger partial charge < -0.3 is 10.2 Å². The highest BCUT2D eigenvalue weighted by molar-refractivity contribution is 6.06. The van der Waals surface area contributed by atoms with Gasteiger partial charge in [0.2, 0.25) is 0 Å². The lowest BCUT2D eigenvalue weighted by Gasteiger charge is -2.23. The predicted octanol–water partition coefficient (Wildman–Crippen LogP) is 16.2. The minimum atomic E-state index is -0.411. The topological polar surface area (TPSA) is 51.2 Å². The molecule has 1 aliphatic carbocycles. The van der Waals surface area contributed by atoms with Crippen molar-refractivity contribution < 1.29 is 4.42 Å². The normalized spacial score (nSPS) is 14.0. The van der Waals surface area contributed by atoms with Gasteiger partial charge in [-0.3, -0.25) is 5.32 Å². The average Bonchev–Trinajstić information content (AvgIpc) is 3.85. The minimum Gasteiger partial charge on any atom is -0.456 e. The Morgan fingerprint density at radius 3 is 1.94 bits per heavy atom. The molecule has 3 heteroatoms. The first-order chi connectivity index (χ1) is 32.4. The Hall–Kier alpha value is -7.82. The molecule has 0 aliphatic heterocycles. The molecule has 0 radical (unpaired) electrons. The molecule has 0 saturated heterocycles. The van der Waals surface area contributed by atoms with E-state index < -0.39 is 6.17 Å². The van der Waals surface area contributed by atoms with Crippen LogP contribution in [0.3, 0.4) is 0 Å². The van der Waals surface area contributed by atoms with E-state index in [2.05, 4.69) is 213 Å². The van der Waals surface area contributed by atoms with E-state index in [0.29, 0.717) is 0 Å². The lowest BCUT2D eigenvalue weighted by molar-refractivity contribution is 0.509. The highest BCUT2D eigenvalue weighted by atomic mass is 16.3. The standard InChI is InChI=1S/C63H48N2O/c1-63(2)56-24-13-23-52(61(56)55-38-44-17-6-7-18-45(44)39-57(55)63)42-29-26-40(27-30-42)28-32-58(65-62(64)43-15-4-3-5-16-43)49-35-47(34-48(36-49)51-22-12-19-41-14-8-9-20-50(41)51)46-31-33-60-54(37-46)53-21-10-11-25-59(53)66-60/h3-39,58,62,65H,64H2,1-2H3/b32-28+. The number of hydrogen-bond donors (Lipinski definition) is 2. The summed E-state index contributed by atoms with van der Waals surface area (Å²) in [7, 11) is 0. The van der Waals surface area contributed by atoms with Crippen LogP contribution < -0.4 is 11.1 Å². The highest BCUT2D eigenvalue weighted by Crippen LogP contribution is 2.53. The molecule has 1 aliphatic rings. The molecule has 3 nitrogen and oxygen atoms in total. The molecule has 11 aromatic rings. The van der Waals surface area contributed by atoms with Gasteiger partial charge in [-0.1, -0.05) is 190 Å². The van der Waals surface area contributed by atoms with Crippen molar-refractivity contribution in [3.05, 3.63) is 246 Å². The van der Waals surface area contributed by atoms with Gasteiger partial charge in [-0.25, -0.2) is 0 Å². The van der Waals surface area contributed by atoms with E-state index >= 15 is 0 Å². The molecular formula is C63H48N2O. The Bertz CT molecular complexity index is 3670. The summed E-state index contributed by atoms with van der Waals surface area (Å²) in [5.41, 5.74) is 24.4. The van der Waals surface area contributed by atoms with Crippen molar-refractivity contribution in [3.8, 4) is 44.5 Å². The predicted molar refractivity (Wildman–Crippen MR) is 277 cm³/mol. The first kappa shape index (κ1) is 39.7. The number of benzene rings is 10. The fraction of sp³-hybridized carbons (Fsp3) is 0.0794. The monoisotopic (exact) mass is 848 g/mol. The maximum absolute atomic E-state index is 7.04. The van der Waals surface area contributed by atoms with Gasteiger partial charge in [0.25, 0.3) is 0 Å². The number of nitrogens with two attached hydrogens (primary N) is 1. The van der Waals surface area contributed by atoms with Crippen molar-refractivity contribution in [2.24, 2.45) is 5.73 Å². The summed E-state index contributed by atoms with van der Waals surface area (Å²) in [6.45, 7) is 4.72. The number of hydrogen-bond acceptors (Lipinski definition) is 3. The molecule has 316 valence electrons. The second-order valence-electron chi connectivity index (χ2n) is 18.3. The van der Waals surface area contributed by atoms with Gasteiger partial charge in [0.05, 0.1) is 12.2 Å². The molecule has 0 amide bonds. The third-order valence-electron chi connectivity index (χ3n) is 13.9. The van der Waals surface area contributed by atoms with Crippen LogP contribution in [0.25, 0.3) is 94.1 Å². The van der Waals surface area contributed by atoms with Gasteiger partial charge in [0.1, 0.15) is 11.2 Å². The third kappa shape index (κ3) is 6.92. The number of rotatable bonds is 9. The van der Waals surface area contributed by atoms with Gasteiger partial charge in [-0.05, 0) is 142 Å². The quantitative estimate of drug-likeness (QED) is 0.142. The molecule has 3 N–H and O–H groups in total. The van der Waals surface area contributed by atoms with E-state index in [4.69, 9.17) is 10.2 Å². The smallest absolute Gasteiger partial charge is 0.135 e. The van der Waals surface area contributed by atoms with Crippen molar-refractivity contribution >= 4 is 49.6 Å². The molecule has 0 bridgehead atoms. The Balaban J connectivity index is 0.961. The van der Waals surface area contributed by atoms with Gasteiger partial charge in [0, 0.05) is 16.2 Å².